The maximum atomic E-state index is 5.37. The van der Waals surface area contributed by atoms with Gasteiger partial charge in [-0.05, 0) is 21.0 Å². The van der Waals surface area contributed by atoms with Gasteiger partial charge >= 0.3 is 0 Å². The number of hydrazine groups is 1. The fourth-order valence-corrected chi connectivity index (χ4v) is 1.82. The molecule has 0 bridgehead atoms. The largest absolute Gasteiger partial charge is 0.356 e. The Morgan fingerprint density at radius 1 is 1.44 bits per heavy atom. The zero-order chi connectivity index (χ0) is 12.0. The quantitative estimate of drug-likeness (QED) is 0.241. The number of piperazine rings is 1. The Labute approximate surface area is 97.8 Å². The number of hydrogen-bond donors (Lipinski definition) is 3. The van der Waals surface area contributed by atoms with E-state index in [9.17, 15) is 0 Å². The molecule has 1 fully saturated rings. The van der Waals surface area contributed by atoms with Gasteiger partial charge in [0, 0.05) is 32.2 Å². The van der Waals surface area contributed by atoms with Crippen LogP contribution in [0.1, 0.15) is 6.92 Å². The lowest BCUT2D eigenvalue weighted by molar-refractivity contribution is 0.119. The summed E-state index contributed by atoms with van der Waals surface area (Å²) < 4.78 is 0. The van der Waals surface area contributed by atoms with Crippen LogP contribution in [0.4, 0.5) is 0 Å². The van der Waals surface area contributed by atoms with Crippen LogP contribution >= 0.6 is 0 Å². The van der Waals surface area contributed by atoms with E-state index in [1.807, 2.05) is 6.92 Å². The van der Waals surface area contributed by atoms with Gasteiger partial charge in [-0.15, -0.1) is 0 Å². The minimum atomic E-state index is 0.473. The predicted octanol–water partition coefficient (Wildman–Crippen LogP) is -1.34. The van der Waals surface area contributed by atoms with Crippen molar-refractivity contribution in [2.75, 3.05) is 46.8 Å². The van der Waals surface area contributed by atoms with Gasteiger partial charge in [0.2, 0.25) is 5.96 Å². The molecule has 1 aliphatic rings. The minimum absolute atomic E-state index is 0.473. The Bertz CT molecular complexity index is 229. The molecule has 1 heterocycles. The van der Waals surface area contributed by atoms with Crippen LogP contribution in [0.15, 0.2) is 4.99 Å². The highest BCUT2D eigenvalue weighted by atomic mass is 15.3. The first kappa shape index (κ1) is 13.2. The average molecular weight is 228 g/mol. The molecule has 0 amide bonds. The SMILES string of the molecule is CCNC(=NCC1CN(C)CCN1C)NN. The van der Waals surface area contributed by atoms with Gasteiger partial charge < -0.3 is 10.2 Å². The third kappa shape index (κ3) is 3.96. The first-order chi connectivity index (χ1) is 7.67. The van der Waals surface area contributed by atoms with E-state index in [0.717, 1.165) is 32.7 Å². The normalized spacial score (nSPS) is 24.5. The van der Waals surface area contributed by atoms with Gasteiger partial charge in [-0.2, -0.15) is 0 Å². The Kier molecular flexibility index (Phi) is 5.51. The Morgan fingerprint density at radius 2 is 2.19 bits per heavy atom. The highest BCUT2D eigenvalue weighted by molar-refractivity contribution is 5.79. The van der Waals surface area contributed by atoms with E-state index in [4.69, 9.17) is 5.84 Å². The molecule has 0 radical (unpaired) electrons. The molecule has 1 unspecified atom stereocenters. The lowest BCUT2D eigenvalue weighted by atomic mass is 10.2. The van der Waals surface area contributed by atoms with Crippen molar-refractivity contribution >= 4 is 5.96 Å². The lowest BCUT2D eigenvalue weighted by Gasteiger charge is -2.36. The van der Waals surface area contributed by atoms with Crippen LogP contribution in [0.2, 0.25) is 0 Å². The van der Waals surface area contributed by atoms with Gasteiger partial charge in [-0.1, -0.05) is 0 Å². The van der Waals surface area contributed by atoms with Crippen LogP contribution in [0.3, 0.4) is 0 Å². The fourth-order valence-electron chi connectivity index (χ4n) is 1.82. The maximum Gasteiger partial charge on any atom is 0.205 e. The number of nitrogens with one attached hydrogen (secondary N) is 2. The highest BCUT2D eigenvalue weighted by Gasteiger charge is 2.21. The molecule has 0 spiro atoms. The zero-order valence-electron chi connectivity index (χ0n) is 10.5. The predicted molar refractivity (Wildman–Crippen MR) is 67.2 cm³/mol. The number of nitrogens with two attached hydrogens (primary N) is 1. The van der Waals surface area contributed by atoms with Crippen LogP contribution in [0.25, 0.3) is 0 Å². The van der Waals surface area contributed by atoms with Crippen molar-refractivity contribution < 1.29 is 0 Å². The molecule has 0 aromatic carbocycles. The van der Waals surface area contributed by atoms with Crippen molar-refractivity contribution in [3.63, 3.8) is 0 Å². The lowest BCUT2D eigenvalue weighted by Crippen LogP contribution is -2.52. The monoisotopic (exact) mass is 228 g/mol. The van der Waals surface area contributed by atoms with E-state index in [-0.39, 0.29) is 0 Å². The molecule has 0 aromatic rings. The molecule has 1 aliphatic heterocycles. The number of guanidine groups is 1. The van der Waals surface area contributed by atoms with E-state index >= 15 is 0 Å². The summed E-state index contributed by atoms with van der Waals surface area (Å²) in [6.07, 6.45) is 0. The minimum Gasteiger partial charge on any atom is -0.356 e. The Hall–Kier alpha value is -0.850. The van der Waals surface area contributed by atoms with E-state index in [1.165, 1.54) is 0 Å². The van der Waals surface area contributed by atoms with Crippen molar-refractivity contribution in [1.82, 2.24) is 20.5 Å². The summed E-state index contributed by atoms with van der Waals surface area (Å²) in [7, 11) is 4.30. The number of rotatable bonds is 3. The molecule has 0 aromatic heterocycles. The zero-order valence-corrected chi connectivity index (χ0v) is 10.5. The average Bonchev–Trinajstić information content (AvgIpc) is 2.28. The molecule has 0 saturated carbocycles. The van der Waals surface area contributed by atoms with Crippen LogP contribution in [0, 0.1) is 0 Å². The molecule has 4 N–H and O–H groups in total. The van der Waals surface area contributed by atoms with Gasteiger partial charge in [-0.25, -0.2) is 5.84 Å². The third-order valence-corrected chi connectivity index (χ3v) is 2.92. The summed E-state index contributed by atoms with van der Waals surface area (Å²) in [5, 5.41) is 3.08. The first-order valence-electron chi connectivity index (χ1n) is 5.81. The van der Waals surface area contributed by atoms with E-state index in [2.05, 4.69) is 39.6 Å². The van der Waals surface area contributed by atoms with E-state index in [1.54, 1.807) is 0 Å². The van der Waals surface area contributed by atoms with Crippen LogP contribution < -0.4 is 16.6 Å². The molecule has 1 atom stereocenters. The van der Waals surface area contributed by atoms with Crippen molar-refractivity contribution in [1.29, 1.82) is 0 Å². The Balaban J connectivity index is 2.44. The number of nitrogens with zero attached hydrogens (tertiary/aromatic N) is 3. The van der Waals surface area contributed by atoms with Crippen molar-refractivity contribution in [3.05, 3.63) is 0 Å². The maximum absolute atomic E-state index is 5.37. The van der Waals surface area contributed by atoms with E-state index < -0.39 is 0 Å². The van der Waals surface area contributed by atoms with E-state index in [0.29, 0.717) is 12.0 Å². The molecule has 0 aliphatic carbocycles. The van der Waals surface area contributed by atoms with Gasteiger partial charge in [0.25, 0.3) is 0 Å². The second kappa shape index (κ2) is 6.67. The fraction of sp³-hybridized carbons (Fsp3) is 0.900. The molecule has 16 heavy (non-hydrogen) atoms. The van der Waals surface area contributed by atoms with Crippen molar-refractivity contribution in [2.45, 2.75) is 13.0 Å². The first-order valence-corrected chi connectivity index (χ1v) is 5.81. The second-order valence-electron chi connectivity index (χ2n) is 4.26. The molecule has 6 nitrogen and oxygen atoms in total. The standard InChI is InChI=1S/C10H24N6/c1-4-12-10(14-11)13-7-9-8-15(2)5-6-16(9)3/h9H,4-8,11H2,1-3H3,(H2,12,13,14). The van der Waals surface area contributed by atoms with Crippen molar-refractivity contribution in [3.8, 4) is 0 Å². The molecule has 1 saturated heterocycles. The van der Waals surface area contributed by atoms with Crippen molar-refractivity contribution in [2.24, 2.45) is 10.8 Å². The number of aliphatic imine (C=N–C) groups is 1. The number of likely N-dealkylation sites (N-methyl/N-ethyl adjacent to an activating group) is 2. The molecule has 1 rings (SSSR count). The summed E-state index contributed by atoms with van der Waals surface area (Å²) in [6, 6.07) is 0.473. The third-order valence-electron chi connectivity index (χ3n) is 2.92. The summed E-state index contributed by atoms with van der Waals surface area (Å²) in [5.41, 5.74) is 2.58. The molecular weight excluding hydrogens is 204 g/mol. The summed E-state index contributed by atoms with van der Waals surface area (Å²) >= 11 is 0. The van der Waals surface area contributed by atoms with Gasteiger partial charge in [0.05, 0.1) is 6.54 Å². The molecule has 6 heteroatoms. The summed E-state index contributed by atoms with van der Waals surface area (Å²) in [6.45, 7) is 6.91. The van der Waals surface area contributed by atoms with Crippen LogP contribution in [-0.4, -0.2) is 68.6 Å². The number of hydrogen-bond acceptors (Lipinski definition) is 4. The van der Waals surface area contributed by atoms with Crippen LogP contribution in [0.5, 0.6) is 0 Å². The van der Waals surface area contributed by atoms with Gasteiger partial charge in [0.15, 0.2) is 0 Å². The second-order valence-corrected chi connectivity index (χ2v) is 4.26. The smallest absolute Gasteiger partial charge is 0.205 e. The topological polar surface area (TPSA) is 68.9 Å². The Morgan fingerprint density at radius 3 is 2.81 bits per heavy atom. The highest BCUT2D eigenvalue weighted by Crippen LogP contribution is 2.05. The summed E-state index contributed by atoms with van der Waals surface area (Å²) in [5.74, 6) is 6.04. The molecule has 94 valence electrons. The van der Waals surface area contributed by atoms with Gasteiger partial charge in [0.1, 0.15) is 0 Å². The molecular formula is C10H24N6. The van der Waals surface area contributed by atoms with Gasteiger partial charge in [-0.3, -0.25) is 15.3 Å². The summed E-state index contributed by atoms with van der Waals surface area (Å²) in [4.78, 5) is 9.13. The van der Waals surface area contributed by atoms with Crippen LogP contribution in [-0.2, 0) is 0 Å².